The zero-order valence-electron chi connectivity index (χ0n) is 8.04. The fourth-order valence-electron chi connectivity index (χ4n) is 1.21. The van der Waals surface area contributed by atoms with Gasteiger partial charge in [-0.2, -0.15) is 0 Å². The Morgan fingerprint density at radius 2 is 2.17 bits per heavy atom. The van der Waals surface area contributed by atoms with Gasteiger partial charge in [0, 0.05) is 0 Å². The molecule has 0 aliphatic carbocycles. The van der Waals surface area contributed by atoms with Gasteiger partial charge < -0.3 is 0 Å². The van der Waals surface area contributed by atoms with Crippen molar-refractivity contribution in [3.8, 4) is 0 Å². The molecule has 0 aromatic carbocycles. The number of rotatable bonds is 3. The predicted molar refractivity (Wildman–Crippen MR) is 61.1 cm³/mol. The highest BCUT2D eigenvalue weighted by Gasteiger charge is 2.17. The largest absolute Gasteiger partial charge is 0.269 e. The molecule has 1 aliphatic heterocycles. The highest BCUT2D eigenvalue weighted by atomic mass is 32.2. The maximum Gasteiger partial charge on any atom is 0.0943 e. The molecular formula is C9H17NS2. The fraction of sp³-hybridized carbons (Fsp3) is 0.889. The van der Waals surface area contributed by atoms with Crippen LogP contribution in [0.15, 0.2) is 4.99 Å². The van der Waals surface area contributed by atoms with E-state index < -0.39 is 0 Å². The van der Waals surface area contributed by atoms with Crippen LogP contribution in [0.1, 0.15) is 40.0 Å². The van der Waals surface area contributed by atoms with E-state index in [1.54, 1.807) is 0 Å². The summed E-state index contributed by atoms with van der Waals surface area (Å²) in [5.74, 6) is 0. The summed E-state index contributed by atoms with van der Waals surface area (Å²) in [5, 5.41) is 1.85. The van der Waals surface area contributed by atoms with E-state index in [0.29, 0.717) is 9.96 Å². The molecule has 0 radical (unpaired) electrons. The first-order valence-corrected chi connectivity index (χ1v) is 6.43. The quantitative estimate of drug-likeness (QED) is 0.692. The molecule has 2 atom stereocenters. The standard InChI is InChI=1S/C9H17NS2/c1-4-5-6-9-10-7(2)11-8(3)12-9/h7-8H,4-6H2,1-3H3. The van der Waals surface area contributed by atoms with E-state index in [2.05, 4.69) is 25.8 Å². The summed E-state index contributed by atoms with van der Waals surface area (Å²) in [5.41, 5.74) is 0. The summed E-state index contributed by atoms with van der Waals surface area (Å²) < 4.78 is 0.698. The highest BCUT2D eigenvalue weighted by Crippen LogP contribution is 2.35. The lowest BCUT2D eigenvalue weighted by molar-refractivity contribution is 0.835. The molecule has 0 saturated carbocycles. The van der Waals surface area contributed by atoms with E-state index in [-0.39, 0.29) is 0 Å². The van der Waals surface area contributed by atoms with Crippen molar-refractivity contribution in [2.45, 2.75) is 50.0 Å². The van der Waals surface area contributed by atoms with Gasteiger partial charge in [-0.25, -0.2) is 0 Å². The van der Waals surface area contributed by atoms with Crippen LogP contribution in [0.3, 0.4) is 0 Å². The van der Waals surface area contributed by atoms with Crippen molar-refractivity contribution >= 4 is 28.6 Å². The Kier molecular flexibility index (Phi) is 4.51. The van der Waals surface area contributed by atoms with Gasteiger partial charge in [0.2, 0.25) is 0 Å². The molecule has 70 valence electrons. The van der Waals surface area contributed by atoms with E-state index in [9.17, 15) is 0 Å². The number of nitrogens with zero attached hydrogens (tertiary/aromatic N) is 1. The molecule has 0 aromatic heterocycles. The molecule has 0 aromatic rings. The Morgan fingerprint density at radius 3 is 2.75 bits per heavy atom. The Hall–Kier alpha value is 0.370. The first kappa shape index (κ1) is 10.5. The molecule has 3 heteroatoms. The Bertz CT molecular complexity index is 168. The van der Waals surface area contributed by atoms with Gasteiger partial charge in [-0.05, 0) is 26.7 Å². The van der Waals surface area contributed by atoms with Crippen LogP contribution >= 0.6 is 23.5 Å². The van der Waals surface area contributed by atoms with Crippen molar-refractivity contribution in [1.82, 2.24) is 0 Å². The SMILES string of the molecule is CCCCC1=NC(C)SC(C)S1. The van der Waals surface area contributed by atoms with E-state index in [0.717, 1.165) is 0 Å². The van der Waals surface area contributed by atoms with Crippen molar-refractivity contribution in [2.75, 3.05) is 0 Å². The molecule has 0 bridgehead atoms. The summed E-state index contributed by atoms with van der Waals surface area (Å²) in [6.07, 6.45) is 3.75. The van der Waals surface area contributed by atoms with Crippen LogP contribution in [0.4, 0.5) is 0 Å². The number of hydrogen-bond donors (Lipinski definition) is 0. The van der Waals surface area contributed by atoms with E-state index in [4.69, 9.17) is 0 Å². The van der Waals surface area contributed by atoms with Gasteiger partial charge in [-0.3, -0.25) is 4.99 Å². The van der Waals surface area contributed by atoms with E-state index in [1.807, 2.05) is 23.5 Å². The van der Waals surface area contributed by atoms with Crippen LogP contribution in [0.2, 0.25) is 0 Å². The maximum atomic E-state index is 4.61. The first-order valence-electron chi connectivity index (χ1n) is 4.61. The molecule has 1 heterocycles. The van der Waals surface area contributed by atoms with Gasteiger partial charge in [-0.15, -0.1) is 11.8 Å². The van der Waals surface area contributed by atoms with Gasteiger partial charge in [0.15, 0.2) is 0 Å². The van der Waals surface area contributed by atoms with Gasteiger partial charge in [0.1, 0.15) is 0 Å². The summed E-state index contributed by atoms with van der Waals surface area (Å²) in [6.45, 7) is 6.69. The van der Waals surface area contributed by atoms with Crippen molar-refractivity contribution in [3.63, 3.8) is 0 Å². The van der Waals surface area contributed by atoms with Crippen molar-refractivity contribution in [2.24, 2.45) is 4.99 Å². The molecule has 1 rings (SSSR count). The lowest BCUT2D eigenvalue weighted by Crippen LogP contribution is -2.11. The predicted octanol–water partition coefficient (Wildman–Crippen LogP) is 3.75. The second-order valence-corrected chi connectivity index (χ2v) is 6.42. The smallest absolute Gasteiger partial charge is 0.0943 e. The third-order valence-corrected chi connectivity index (χ3v) is 4.18. The molecule has 1 nitrogen and oxygen atoms in total. The minimum absolute atomic E-state index is 0.480. The van der Waals surface area contributed by atoms with Crippen LogP contribution in [-0.2, 0) is 0 Å². The average Bonchev–Trinajstić information content (AvgIpc) is 1.99. The number of hydrogen-bond acceptors (Lipinski definition) is 3. The van der Waals surface area contributed by atoms with Crippen LogP contribution in [-0.4, -0.2) is 15.0 Å². The van der Waals surface area contributed by atoms with Crippen molar-refractivity contribution in [1.29, 1.82) is 0 Å². The Labute approximate surface area is 83.8 Å². The second kappa shape index (κ2) is 5.18. The van der Waals surface area contributed by atoms with Gasteiger partial charge in [0.25, 0.3) is 0 Å². The molecule has 12 heavy (non-hydrogen) atoms. The monoisotopic (exact) mass is 203 g/mol. The zero-order chi connectivity index (χ0) is 8.97. The number of unbranched alkanes of at least 4 members (excludes halogenated alkanes) is 1. The van der Waals surface area contributed by atoms with Crippen molar-refractivity contribution in [3.05, 3.63) is 0 Å². The third-order valence-electron chi connectivity index (χ3n) is 1.76. The topological polar surface area (TPSA) is 12.4 Å². The van der Waals surface area contributed by atoms with Crippen LogP contribution < -0.4 is 0 Å². The molecule has 0 amide bonds. The third kappa shape index (κ3) is 3.40. The van der Waals surface area contributed by atoms with Gasteiger partial charge in [-0.1, -0.05) is 25.1 Å². The summed E-state index contributed by atoms with van der Waals surface area (Å²) in [4.78, 5) is 4.61. The first-order chi connectivity index (χ1) is 5.72. The van der Waals surface area contributed by atoms with Crippen molar-refractivity contribution < 1.29 is 0 Å². The number of aliphatic imine (C=N–C) groups is 1. The van der Waals surface area contributed by atoms with E-state index in [1.165, 1.54) is 24.3 Å². The lowest BCUT2D eigenvalue weighted by Gasteiger charge is -2.21. The number of thioether (sulfide) groups is 2. The molecule has 0 N–H and O–H groups in total. The molecule has 0 spiro atoms. The normalized spacial score (nSPS) is 30.1. The van der Waals surface area contributed by atoms with E-state index >= 15 is 0 Å². The second-order valence-electron chi connectivity index (χ2n) is 3.05. The Morgan fingerprint density at radius 1 is 1.42 bits per heavy atom. The molecular weight excluding hydrogens is 186 g/mol. The van der Waals surface area contributed by atoms with Crippen LogP contribution in [0.25, 0.3) is 0 Å². The Balaban J connectivity index is 2.40. The summed E-state index contributed by atoms with van der Waals surface area (Å²) >= 11 is 3.90. The molecule has 1 aliphatic rings. The van der Waals surface area contributed by atoms with Crippen LogP contribution in [0, 0.1) is 0 Å². The average molecular weight is 203 g/mol. The minimum Gasteiger partial charge on any atom is -0.269 e. The molecule has 2 unspecified atom stereocenters. The van der Waals surface area contributed by atoms with Gasteiger partial charge >= 0.3 is 0 Å². The molecule has 0 saturated heterocycles. The van der Waals surface area contributed by atoms with Gasteiger partial charge in [0.05, 0.1) is 15.0 Å². The summed E-state index contributed by atoms with van der Waals surface area (Å²) in [6, 6.07) is 0. The molecule has 0 fully saturated rings. The highest BCUT2D eigenvalue weighted by molar-refractivity contribution is 8.25. The maximum absolute atomic E-state index is 4.61. The lowest BCUT2D eigenvalue weighted by atomic mass is 10.3. The summed E-state index contributed by atoms with van der Waals surface area (Å²) in [7, 11) is 0. The fourth-order valence-corrected chi connectivity index (χ4v) is 3.92. The zero-order valence-corrected chi connectivity index (χ0v) is 9.67. The minimum atomic E-state index is 0.480. The van der Waals surface area contributed by atoms with Crippen LogP contribution in [0.5, 0.6) is 0 Å².